The summed E-state index contributed by atoms with van der Waals surface area (Å²) in [6.07, 6.45) is 0.744. The number of ether oxygens (including phenoxy) is 4. The van der Waals surface area contributed by atoms with Crippen LogP contribution in [0.25, 0.3) is 0 Å². The molecule has 10 heteroatoms. The van der Waals surface area contributed by atoms with Crippen LogP contribution >= 0.6 is 11.6 Å². The average Bonchev–Trinajstić information content (AvgIpc) is 3.22. The van der Waals surface area contributed by atoms with Gasteiger partial charge in [0.15, 0.2) is 0 Å². The number of esters is 1. The molecule has 226 valence electrons. The summed E-state index contributed by atoms with van der Waals surface area (Å²) in [6.45, 7) is 14.4. The largest absolute Gasteiger partial charge is 0.491 e. The number of carbonyl (C=O) groups is 3. The molecule has 0 aromatic heterocycles. The van der Waals surface area contributed by atoms with Gasteiger partial charge in [-0.05, 0) is 69.6 Å². The normalized spacial score (nSPS) is 18.8. The number of nitrogens with one attached hydrogen (secondary N) is 2. The van der Waals surface area contributed by atoms with E-state index in [-0.39, 0.29) is 42.0 Å². The van der Waals surface area contributed by atoms with Gasteiger partial charge in [-0.1, -0.05) is 39.3 Å². The van der Waals surface area contributed by atoms with Crippen LogP contribution in [0.1, 0.15) is 74.1 Å². The molecule has 1 heterocycles. The molecule has 4 atom stereocenters. The molecule has 2 rings (SSSR count). The van der Waals surface area contributed by atoms with E-state index in [2.05, 4.69) is 10.6 Å². The van der Waals surface area contributed by atoms with Gasteiger partial charge in [-0.2, -0.15) is 0 Å². The van der Waals surface area contributed by atoms with Crippen molar-refractivity contribution in [3.8, 4) is 5.75 Å². The van der Waals surface area contributed by atoms with Gasteiger partial charge in [-0.3, -0.25) is 9.59 Å². The molecule has 1 aromatic rings. The number of halogens is 1. The topological polar surface area (TPSA) is 112 Å². The quantitative estimate of drug-likeness (QED) is 0.197. The van der Waals surface area contributed by atoms with Crippen LogP contribution in [0.5, 0.6) is 5.75 Å². The van der Waals surface area contributed by atoms with Crippen molar-refractivity contribution in [2.75, 3.05) is 25.6 Å². The van der Waals surface area contributed by atoms with Crippen molar-refractivity contribution in [3.63, 3.8) is 0 Å². The Morgan fingerprint density at radius 2 is 1.85 bits per heavy atom. The minimum Gasteiger partial charge on any atom is -0.491 e. The molecule has 1 aliphatic rings. The molecule has 0 radical (unpaired) electrons. The van der Waals surface area contributed by atoms with Crippen LogP contribution in [0.2, 0.25) is 5.02 Å². The minimum absolute atomic E-state index is 0.107. The number of cyclic esters (lactones) is 1. The Bertz CT molecular complexity index is 993. The molecule has 1 saturated heterocycles. The van der Waals surface area contributed by atoms with Gasteiger partial charge in [-0.25, -0.2) is 4.79 Å². The van der Waals surface area contributed by atoms with Crippen molar-refractivity contribution in [1.29, 1.82) is 0 Å². The van der Waals surface area contributed by atoms with Crippen molar-refractivity contribution in [2.24, 2.45) is 23.7 Å². The fourth-order valence-electron chi connectivity index (χ4n) is 4.65. The Hall–Kier alpha value is -2.52. The number of amides is 2. The molecule has 40 heavy (non-hydrogen) atoms. The van der Waals surface area contributed by atoms with Crippen LogP contribution in [0.15, 0.2) is 18.2 Å². The van der Waals surface area contributed by atoms with E-state index >= 15 is 0 Å². The van der Waals surface area contributed by atoms with Crippen molar-refractivity contribution in [3.05, 3.63) is 23.2 Å². The Kier molecular flexibility index (Phi) is 13.0. The average molecular weight is 583 g/mol. The maximum Gasteiger partial charge on any atom is 0.408 e. The van der Waals surface area contributed by atoms with E-state index in [1.807, 2.05) is 27.7 Å². The Morgan fingerprint density at radius 3 is 2.42 bits per heavy atom. The lowest BCUT2D eigenvalue weighted by Gasteiger charge is -2.31. The van der Waals surface area contributed by atoms with Crippen LogP contribution in [0.3, 0.4) is 0 Å². The molecule has 1 aromatic carbocycles. The summed E-state index contributed by atoms with van der Waals surface area (Å²) in [5.41, 5.74) is -0.190. The van der Waals surface area contributed by atoms with Crippen LogP contribution in [0, 0.1) is 23.7 Å². The van der Waals surface area contributed by atoms with Gasteiger partial charge in [0, 0.05) is 31.6 Å². The van der Waals surface area contributed by atoms with E-state index in [0.29, 0.717) is 48.9 Å². The van der Waals surface area contributed by atoms with E-state index < -0.39 is 23.8 Å². The van der Waals surface area contributed by atoms with E-state index in [1.165, 1.54) is 0 Å². The second-order valence-electron chi connectivity index (χ2n) is 12.1. The van der Waals surface area contributed by atoms with E-state index in [0.717, 1.165) is 0 Å². The molecule has 0 unspecified atom stereocenters. The third-order valence-electron chi connectivity index (χ3n) is 6.93. The number of benzene rings is 1. The highest BCUT2D eigenvalue weighted by atomic mass is 35.5. The monoisotopic (exact) mass is 582 g/mol. The lowest BCUT2D eigenvalue weighted by Crippen LogP contribution is -2.47. The number of methoxy groups -OCH3 is 1. The van der Waals surface area contributed by atoms with Crippen molar-refractivity contribution in [2.45, 2.75) is 91.9 Å². The second-order valence-corrected chi connectivity index (χ2v) is 12.6. The lowest BCUT2D eigenvalue weighted by atomic mass is 9.83. The first-order chi connectivity index (χ1) is 18.7. The third-order valence-corrected chi connectivity index (χ3v) is 7.16. The first-order valence-corrected chi connectivity index (χ1v) is 14.5. The zero-order chi connectivity index (χ0) is 30.0. The second kappa shape index (κ2) is 15.5. The van der Waals surface area contributed by atoms with Crippen molar-refractivity contribution < 1.29 is 33.3 Å². The fraction of sp³-hybridized carbons (Fsp3) is 0.700. The minimum atomic E-state index is -0.681. The third kappa shape index (κ3) is 11.2. The smallest absolute Gasteiger partial charge is 0.408 e. The van der Waals surface area contributed by atoms with E-state index in [4.69, 9.17) is 30.5 Å². The standard InChI is InChI=1S/C30H47ClN2O7/c1-18(2)20(15-27(34)32-24-16-21(31)10-11-25(24)38-13-9-12-37-8)14-23(33-29(36)40-30(5,6)7)26-17-22(19(3)4)28(35)39-26/h10-11,16,18-20,22-23,26H,9,12-15,17H2,1-8H3,(H,32,34)(H,33,36)/t20-,22+,23+,26+/m1/s1. The number of anilines is 1. The van der Waals surface area contributed by atoms with Gasteiger partial charge in [0.1, 0.15) is 17.5 Å². The summed E-state index contributed by atoms with van der Waals surface area (Å²) in [5.74, 6) is -0.0698. The number of carbonyl (C=O) groups excluding carboxylic acids is 3. The van der Waals surface area contributed by atoms with Crippen molar-refractivity contribution >= 4 is 35.3 Å². The molecule has 1 aliphatic heterocycles. The zero-order valence-corrected chi connectivity index (χ0v) is 25.9. The predicted molar refractivity (Wildman–Crippen MR) is 156 cm³/mol. The van der Waals surface area contributed by atoms with Crippen LogP contribution in [-0.2, 0) is 23.8 Å². The molecule has 0 spiro atoms. The number of hydrogen-bond acceptors (Lipinski definition) is 7. The van der Waals surface area contributed by atoms with Crippen LogP contribution in [0.4, 0.5) is 10.5 Å². The van der Waals surface area contributed by atoms with Crippen LogP contribution < -0.4 is 15.4 Å². The molecule has 9 nitrogen and oxygen atoms in total. The fourth-order valence-corrected chi connectivity index (χ4v) is 4.82. The van der Waals surface area contributed by atoms with Gasteiger partial charge in [-0.15, -0.1) is 0 Å². The zero-order valence-electron chi connectivity index (χ0n) is 25.2. The van der Waals surface area contributed by atoms with Gasteiger partial charge < -0.3 is 29.6 Å². The molecular formula is C30H47ClN2O7. The first-order valence-electron chi connectivity index (χ1n) is 14.1. The number of hydrogen-bond donors (Lipinski definition) is 2. The van der Waals surface area contributed by atoms with Crippen LogP contribution in [-0.4, -0.2) is 56.0 Å². The molecule has 2 N–H and O–H groups in total. The van der Waals surface area contributed by atoms with Gasteiger partial charge in [0.05, 0.1) is 24.3 Å². The molecule has 1 fully saturated rings. The van der Waals surface area contributed by atoms with Gasteiger partial charge in [0.25, 0.3) is 0 Å². The molecular weight excluding hydrogens is 536 g/mol. The maximum atomic E-state index is 13.2. The summed E-state index contributed by atoms with van der Waals surface area (Å²) >= 11 is 6.20. The first kappa shape index (κ1) is 33.7. The molecule has 0 bridgehead atoms. The summed E-state index contributed by atoms with van der Waals surface area (Å²) in [7, 11) is 1.63. The molecule has 0 aliphatic carbocycles. The Balaban J connectivity index is 2.17. The van der Waals surface area contributed by atoms with Gasteiger partial charge >= 0.3 is 12.1 Å². The van der Waals surface area contributed by atoms with E-state index in [1.54, 1.807) is 46.1 Å². The summed E-state index contributed by atoms with van der Waals surface area (Å²) in [4.78, 5) is 38.5. The highest BCUT2D eigenvalue weighted by molar-refractivity contribution is 6.31. The van der Waals surface area contributed by atoms with Crippen molar-refractivity contribution in [1.82, 2.24) is 5.32 Å². The number of rotatable bonds is 14. The lowest BCUT2D eigenvalue weighted by molar-refractivity contribution is -0.146. The Labute approximate surface area is 244 Å². The maximum absolute atomic E-state index is 13.2. The highest BCUT2D eigenvalue weighted by Crippen LogP contribution is 2.34. The molecule has 0 saturated carbocycles. The summed E-state index contributed by atoms with van der Waals surface area (Å²) < 4.78 is 22.1. The summed E-state index contributed by atoms with van der Waals surface area (Å²) in [5, 5.41) is 6.36. The summed E-state index contributed by atoms with van der Waals surface area (Å²) in [6, 6.07) is 4.59. The number of alkyl carbamates (subject to hydrolysis) is 1. The SMILES string of the molecule is COCCCOc1ccc(Cl)cc1NC(=O)C[C@@H](C[C@H](NC(=O)OC(C)(C)C)[C@@H]1C[C@@H](C(C)C)C(=O)O1)C(C)C. The van der Waals surface area contributed by atoms with E-state index in [9.17, 15) is 14.4 Å². The van der Waals surface area contributed by atoms with Gasteiger partial charge in [0.2, 0.25) is 5.91 Å². The predicted octanol–water partition coefficient (Wildman–Crippen LogP) is 6.23. The molecule has 2 amide bonds. The highest BCUT2D eigenvalue weighted by Gasteiger charge is 2.42. The Morgan fingerprint density at radius 1 is 1.15 bits per heavy atom.